The van der Waals surface area contributed by atoms with Crippen LogP contribution in [-0.2, 0) is 6.54 Å². The molecule has 2 rings (SSSR count). The smallest absolute Gasteiger partial charge is 0.123 e. The molecule has 0 atom stereocenters. The number of thiophene rings is 1. The molecule has 15 heavy (non-hydrogen) atoms. The van der Waals surface area contributed by atoms with E-state index in [4.69, 9.17) is 0 Å². The first-order chi connectivity index (χ1) is 7.31. The predicted molar refractivity (Wildman–Crippen MR) is 62.5 cm³/mol. The number of halogens is 1. The maximum atomic E-state index is 13.1. The number of nitrogens with one attached hydrogen (secondary N) is 1. The van der Waals surface area contributed by atoms with E-state index in [-0.39, 0.29) is 5.82 Å². The summed E-state index contributed by atoms with van der Waals surface area (Å²) in [5, 5.41) is 7.26. The van der Waals surface area contributed by atoms with Crippen LogP contribution in [0.25, 0.3) is 11.1 Å². The van der Waals surface area contributed by atoms with Crippen molar-refractivity contribution in [1.82, 2.24) is 5.32 Å². The summed E-state index contributed by atoms with van der Waals surface area (Å²) in [6, 6.07) is 6.71. The minimum atomic E-state index is -0.186. The number of hydrogen-bond acceptors (Lipinski definition) is 2. The molecular weight excluding hydrogens is 209 g/mol. The molecule has 0 aliphatic heterocycles. The van der Waals surface area contributed by atoms with E-state index in [1.807, 2.05) is 13.1 Å². The Hall–Kier alpha value is -1.19. The Labute approximate surface area is 92.6 Å². The summed E-state index contributed by atoms with van der Waals surface area (Å²) in [4.78, 5) is 0. The van der Waals surface area contributed by atoms with Crippen molar-refractivity contribution in [2.24, 2.45) is 0 Å². The molecule has 1 N–H and O–H groups in total. The van der Waals surface area contributed by atoms with E-state index in [2.05, 4.69) is 16.1 Å². The molecule has 1 nitrogen and oxygen atoms in total. The lowest BCUT2D eigenvalue weighted by Crippen LogP contribution is -2.04. The molecule has 0 fully saturated rings. The Morgan fingerprint density at radius 3 is 2.93 bits per heavy atom. The van der Waals surface area contributed by atoms with Crippen LogP contribution >= 0.6 is 11.3 Å². The van der Waals surface area contributed by atoms with Gasteiger partial charge in [-0.15, -0.1) is 0 Å². The van der Waals surface area contributed by atoms with Crippen LogP contribution in [0, 0.1) is 5.82 Å². The fourth-order valence-electron chi connectivity index (χ4n) is 1.56. The summed E-state index contributed by atoms with van der Waals surface area (Å²) in [6.45, 7) is 0.815. The Bertz CT molecular complexity index is 450. The van der Waals surface area contributed by atoms with E-state index in [0.717, 1.165) is 17.7 Å². The number of benzene rings is 1. The molecule has 0 aliphatic rings. The van der Waals surface area contributed by atoms with Crippen molar-refractivity contribution in [3.05, 3.63) is 46.4 Å². The SMILES string of the molecule is CNCc1cscc1-c1cccc(F)c1. The third-order valence-corrected chi connectivity index (χ3v) is 3.04. The van der Waals surface area contributed by atoms with Crippen molar-refractivity contribution in [3.63, 3.8) is 0 Å². The van der Waals surface area contributed by atoms with Gasteiger partial charge >= 0.3 is 0 Å². The molecule has 78 valence electrons. The van der Waals surface area contributed by atoms with E-state index in [9.17, 15) is 4.39 Å². The van der Waals surface area contributed by atoms with Gasteiger partial charge in [-0.1, -0.05) is 12.1 Å². The second-order valence-corrected chi connectivity index (χ2v) is 4.09. The minimum absolute atomic E-state index is 0.186. The van der Waals surface area contributed by atoms with Crippen LogP contribution < -0.4 is 5.32 Å². The quantitative estimate of drug-likeness (QED) is 0.838. The largest absolute Gasteiger partial charge is 0.316 e. The molecule has 0 unspecified atom stereocenters. The number of hydrogen-bond donors (Lipinski definition) is 1. The molecule has 0 spiro atoms. The highest BCUT2D eigenvalue weighted by atomic mass is 32.1. The van der Waals surface area contributed by atoms with Gasteiger partial charge in [0, 0.05) is 6.54 Å². The third-order valence-electron chi connectivity index (χ3n) is 2.24. The zero-order chi connectivity index (χ0) is 10.7. The van der Waals surface area contributed by atoms with Gasteiger partial charge in [0.15, 0.2) is 0 Å². The van der Waals surface area contributed by atoms with Gasteiger partial charge in [0.25, 0.3) is 0 Å². The van der Waals surface area contributed by atoms with Crippen molar-refractivity contribution in [3.8, 4) is 11.1 Å². The van der Waals surface area contributed by atoms with Crippen molar-refractivity contribution < 1.29 is 4.39 Å². The minimum Gasteiger partial charge on any atom is -0.316 e. The van der Waals surface area contributed by atoms with Crippen molar-refractivity contribution in [2.75, 3.05) is 7.05 Å². The molecule has 1 aromatic heterocycles. The lowest BCUT2D eigenvalue weighted by atomic mass is 10.0. The van der Waals surface area contributed by atoms with Crippen LogP contribution in [0.1, 0.15) is 5.56 Å². The summed E-state index contributed by atoms with van der Waals surface area (Å²) in [6.07, 6.45) is 0. The molecule has 2 aromatic rings. The summed E-state index contributed by atoms with van der Waals surface area (Å²) < 4.78 is 13.1. The van der Waals surface area contributed by atoms with Crippen LogP contribution in [0.2, 0.25) is 0 Å². The fraction of sp³-hybridized carbons (Fsp3) is 0.167. The zero-order valence-electron chi connectivity index (χ0n) is 8.46. The Balaban J connectivity index is 2.40. The summed E-state index contributed by atoms with van der Waals surface area (Å²) in [7, 11) is 1.91. The van der Waals surface area contributed by atoms with Gasteiger partial charge in [0.05, 0.1) is 0 Å². The topological polar surface area (TPSA) is 12.0 Å². The molecule has 0 radical (unpaired) electrons. The lowest BCUT2D eigenvalue weighted by Gasteiger charge is -2.03. The Kier molecular flexibility index (Phi) is 3.14. The first-order valence-electron chi connectivity index (χ1n) is 4.77. The van der Waals surface area contributed by atoms with Crippen LogP contribution in [0.15, 0.2) is 35.0 Å². The molecule has 0 saturated heterocycles. The van der Waals surface area contributed by atoms with Gasteiger partial charge in [0.2, 0.25) is 0 Å². The van der Waals surface area contributed by atoms with Crippen LogP contribution in [0.4, 0.5) is 4.39 Å². The normalized spacial score (nSPS) is 10.5. The highest BCUT2D eigenvalue weighted by Gasteiger charge is 2.05. The Morgan fingerprint density at radius 1 is 1.33 bits per heavy atom. The maximum Gasteiger partial charge on any atom is 0.123 e. The predicted octanol–water partition coefficient (Wildman–Crippen LogP) is 3.27. The number of rotatable bonds is 3. The average molecular weight is 221 g/mol. The average Bonchev–Trinajstić information content (AvgIpc) is 2.66. The summed E-state index contributed by atoms with van der Waals surface area (Å²) >= 11 is 1.64. The molecule has 1 heterocycles. The zero-order valence-corrected chi connectivity index (χ0v) is 9.27. The van der Waals surface area contributed by atoms with Crippen molar-refractivity contribution in [2.45, 2.75) is 6.54 Å². The van der Waals surface area contributed by atoms with E-state index < -0.39 is 0 Å². The Morgan fingerprint density at radius 2 is 2.20 bits per heavy atom. The summed E-state index contributed by atoms with van der Waals surface area (Å²) in [5.41, 5.74) is 3.28. The van der Waals surface area contributed by atoms with Crippen molar-refractivity contribution in [1.29, 1.82) is 0 Å². The van der Waals surface area contributed by atoms with Crippen LogP contribution in [0.5, 0.6) is 0 Å². The van der Waals surface area contributed by atoms with E-state index in [0.29, 0.717) is 0 Å². The molecule has 0 saturated carbocycles. The molecule has 0 amide bonds. The summed E-state index contributed by atoms with van der Waals surface area (Å²) in [5.74, 6) is -0.186. The molecule has 1 aromatic carbocycles. The van der Waals surface area contributed by atoms with Gasteiger partial charge in [-0.2, -0.15) is 11.3 Å². The van der Waals surface area contributed by atoms with Gasteiger partial charge in [0.1, 0.15) is 5.82 Å². The van der Waals surface area contributed by atoms with Crippen LogP contribution in [-0.4, -0.2) is 7.05 Å². The first kappa shape index (κ1) is 10.3. The van der Waals surface area contributed by atoms with Gasteiger partial charge < -0.3 is 5.32 Å². The van der Waals surface area contributed by atoms with E-state index in [1.165, 1.54) is 11.6 Å². The molecule has 3 heteroatoms. The lowest BCUT2D eigenvalue weighted by molar-refractivity contribution is 0.628. The van der Waals surface area contributed by atoms with Crippen molar-refractivity contribution >= 4 is 11.3 Å². The standard InChI is InChI=1S/C12H12FNS/c1-14-6-10-7-15-8-12(10)9-3-2-4-11(13)5-9/h2-5,7-8,14H,6H2,1H3. The highest BCUT2D eigenvalue weighted by Crippen LogP contribution is 2.27. The van der Waals surface area contributed by atoms with E-state index in [1.54, 1.807) is 23.5 Å². The van der Waals surface area contributed by atoms with Gasteiger partial charge in [-0.05, 0) is 46.6 Å². The van der Waals surface area contributed by atoms with Crippen LogP contribution in [0.3, 0.4) is 0 Å². The molecule has 0 bridgehead atoms. The first-order valence-corrected chi connectivity index (χ1v) is 5.71. The second-order valence-electron chi connectivity index (χ2n) is 3.35. The fourth-order valence-corrected chi connectivity index (χ4v) is 2.43. The van der Waals surface area contributed by atoms with Gasteiger partial charge in [-0.3, -0.25) is 0 Å². The molecular formula is C12H12FNS. The second kappa shape index (κ2) is 4.55. The monoisotopic (exact) mass is 221 g/mol. The maximum absolute atomic E-state index is 13.1. The highest BCUT2D eigenvalue weighted by molar-refractivity contribution is 7.08. The molecule has 0 aliphatic carbocycles. The third kappa shape index (κ3) is 2.25. The van der Waals surface area contributed by atoms with Gasteiger partial charge in [-0.25, -0.2) is 4.39 Å². The van der Waals surface area contributed by atoms with E-state index >= 15 is 0 Å².